The van der Waals surface area contributed by atoms with E-state index in [1.807, 2.05) is 0 Å². The van der Waals surface area contributed by atoms with E-state index in [0.717, 1.165) is 4.90 Å². The Bertz CT molecular complexity index is 927. The van der Waals surface area contributed by atoms with E-state index < -0.39 is 22.5 Å². The maximum Gasteiger partial charge on any atom is 0.415 e. The zero-order valence-electron chi connectivity index (χ0n) is 20.0. The molecule has 3 N–H and O–H groups in total. The smallest absolute Gasteiger partial charge is 0.415 e. The Kier molecular flexibility index (Phi) is 12.7. The molecule has 188 valence electrons. The highest BCUT2D eigenvalue weighted by molar-refractivity contribution is 5.90. The zero-order chi connectivity index (χ0) is 25.5. The molecule has 0 aliphatic rings. The van der Waals surface area contributed by atoms with Gasteiger partial charge in [0.05, 0.1) is 31.8 Å². The molecule has 0 aliphatic carbocycles. The molecule has 12 heteroatoms. The van der Waals surface area contributed by atoms with Gasteiger partial charge in [-0.1, -0.05) is 32.4 Å². The summed E-state index contributed by atoms with van der Waals surface area (Å²) in [5.41, 5.74) is 5.77. The minimum absolute atomic E-state index is 0.00492. The fourth-order valence-corrected chi connectivity index (χ4v) is 2.63. The van der Waals surface area contributed by atoms with Gasteiger partial charge in [0.15, 0.2) is 0 Å². The highest BCUT2D eigenvalue weighted by Crippen LogP contribution is 2.34. The molecule has 0 fully saturated rings. The Morgan fingerprint density at radius 3 is 2.53 bits per heavy atom. The number of hydrogen-bond donors (Lipinski definition) is 2. The first kappa shape index (κ1) is 28.4. The fraction of sp³-hybridized carbons (Fsp3) is 0.500. The lowest BCUT2D eigenvalue weighted by Gasteiger charge is -2.21. The van der Waals surface area contributed by atoms with Gasteiger partial charge >= 0.3 is 17.8 Å². The van der Waals surface area contributed by atoms with Crippen LogP contribution in [0.4, 0.5) is 22.1 Å². The number of aliphatic hydroxyl groups excluding tert-OH is 1. The molecule has 1 heterocycles. The van der Waals surface area contributed by atoms with Crippen molar-refractivity contribution in [3.63, 3.8) is 0 Å². The van der Waals surface area contributed by atoms with Crippen LogP contribution in [0.1, 0.15) is 45.6 Å². The lowest BCUT2D eigenvalue weighted by atomic mass is 10.2. The molecule has 34 heavy (non-hydrogen) atoms. The van der Waals surface area contributed by atoms with Gasteiger partial charge in [0.25, 0.3) is 0 Å². The largest absolute Gasteiger partial charge is 0.497 e. The van der Waals surface area contributed by atoms with Crippen LogP contribution in [0.5, 0.6) is 11.8 Å². The summed E-state index contributed by atoms with van der Waals surface area (Å²) >= 11 is 0. The summed E-state index contributed by atoms with van der Waals surface area (Å²) in [5, 5.41) is 20.5. The molecule has 0 saturated carbocycles. The van der Waals surface area contributed by atoms with Crippen LogP contribution < -0.4 is 20.1 Å². The lowest BCUT2D eigenvalue weighted by Crippen LogP contribution is -2.33. The minimum Gasteiger partial charge on any atom is -0.497 e. The number of amides is 1. The third-order valence-corrected chi connectivity index (χ3v) is 4.06. The van der Waals surface area contributed by atoms with Crippen LogP contribution in [0.3, 0.4) is 0 Å². The van der Waals surface area contributed by atoms with Crippen molar-refractivity contribution < 1.29 is 29.0 Å². The van der Waals surface area contributed by atoms with Crippen molar-refractivity contribution in [2.24, 2.45) is 0 Å². The Morgan fingerprint density at radius 2 is 1.94 bits per heavy atom. The van der Waals surface area contributed by atoms with Crippen molar-refractivity contribution >= 4 is 23.4 Å². The molecule has 12 nitrogen and oxygen atoms in total. The van der Waals surface area contributed by atoms with Gasteiger partial charge in [0.1, 0.15) is 5.75 Å². The standard InChI is InChI=1S/C19H25N5O7.C3H8/c1-3-30-19(26)23(12-13-7-6-8-14(11-13)29-2)17-15(24(27)28)16(20)21-18(22-17)31-10-5-4-9-25;1-3-2/h6-8,11,25H,3-5,9-10,12H2,1-2H3,(H2,20,21,22);3H2,1-2H3. The molecule has 0 aliphatic heterocycles. The molecule has 0 saturated heterocycles. The molecule has 0 spiro atoms. The third kappa shape index (κ3) is 8.70. The van der Waals surface area contributed by atoms with Gasteiger partial charge in [-0.3, -0.25) is 15.0 Å². The monoisotopic (exact) mass is 479 g/mol. The first-order chi connectivity index (χ1) is 16.3. The van der Waals surface area contributed by atoms with Crippen molar-refractivity contribution in [1.29, 1.82) is 0 Å². The predicted octanol–water partition coefficient (Wildman–Crippen LogP) is 3.71. The highest BCUT2D eigenvalue weighted by Gasteiger charge is 2.32. The van der Waals surface area contributed by atoms with Crippen LogP contribution in [0, 0.1) is 10.1 Å². The molecule has 0 bridgehead atoms. The van der Waals surface area contributed by atoms with Crippen LogP contribution in [0.15, 0.2) is 24.3 Å². The Balaban J connectivity index is 0.00000182. The number of anilines is 2. The van der Waals surface area contributed by atoms with E-state index in [1.54, 1.807) is 31.2 Å². The number of carbonyl (C=O) groups is 1. The maximum atomic E-state index is 12.7. The normalized spacial score (nSPS) is 10.0. The van der Waals surface area contributed by atoms with Crippen LogP contribution >= 0.6 is 0 Å². The molecular weight excluding hydrogens is 446 g/mol. The molecule has 2 rings (SSSR count). The number of nitrogens with zero attached hydrogens (tertiary/aromatic N) is 4. The van der Waals surface area contributed by atoms with Gasteiger partial charge in [0, 0.05) is 6.61 Å². The summed E-state index contributed by atoms with van der Waals surface area (Å²) in [7, 11) is 1.50. The topological polar surface area (TPSA) is 163 Å². The van der Waals surface area contributed by atoms with Crippen molar-refractivity contribution in [3.8, 4) is 11.8 Å². The van der Waals surface area contributed by atoms with E-state index in [-0.39, 0.29) is 38.2 Å². The van der Waals surface area contributed by atoms with Crippen molar-refractivity contribution in [3.05, 3.63) is 39.9 Å². The van der Waals surface area contributed by atoms with Crippen molar-refractivity contribution in [1.82, 2.24) is 9.97 Å². The van der Waals surface area contributed by atoms with Gasteiger partial charge in [0.2, 0.25) is 11.6 Å². The molecular formula is C22H33N5O7. The van der Waals surface area contributed by atoms with Gasteiger partial charge in [-0.25, -0.2) is 4.79 Å². The van der Waals surface area contributed by atoms with Gasteiger partial charge in [-0.15, -0.1) is 0 Å². The molecule has 0 atom stereocenters. The number of aliphatic hydroxyl groups is 1. The second-order valence-corrected chi connectivity index (χ2v) is 6.94. The van der Waals surface area contributed by atoms with E-state index in [9.17, 15) is 14.9 Å². The summed E-state index contributed by atoms with van der Waals surface area (Å²) in [6, 6.07) is 6.61. The van der Waals surface area contributed by atoms with Crippen LogP contribution in [-0.2, 0) is 11.3 Å². The highest BCUT2D eigenvalue weighted by atomic mass is 16.6. The summed E-state index contributed by atoms with van der Waals surface area (Å²) in [6.07, 6.45) is 1.41. The Morgan fingerprint density at radius 1 is 1.24 bits per heavy atom. The quantitative estimate of drug-likeness (QED) is 0.276. The Hall–Kier alpha value is -3.67. The first-order valence-electron chi connectivity index (χ1n) is 10.9. The number of carbonyl (C=O) groups excluding carboxylic acids is 1. The number of methoxy groups -OCH3 is 1. The summed E-state index contributed by atoms with van der Waals surface area (Å²) in [6.45, 7) is 5.96. The molecule has 1 amide bonds. The van der Waals surface area contributed by atoms with E-state index in [2.05, 4.69) is 23.8 Å². The van der Waals surface area contributed by atoms with E-state index in [1.165, 1.54) is 13.5 Å². The van der Waals surface area contributed by atoms with E-state index in [4.69, 9.17) is 25.1 Å². The summed E-state index contributed by atoms with van der Waals surface area (Å²) < 4.78 is 15.7. The predicted molar refractivity (Wildman–Crippen MR) is 127 cm³/mol. The second-order valence-electron chi connectivity index (χ2n) is 6.94. The SMILES string of the molecule is CCC.CCOC(=O)N(Cc1cccc(OC)c1)c1nc(OCCCCO)nc(N)c1[N+](=O)[O-]. The van der Waals surface area contributed by atoms with Crippen LogP contribution in [0.2, 0.25) is 0 Å². The number of hydrogen-bond acceptors (Lipinski definition) is 10. The number of rotatable bonds is 11. The third-order valence-electron chi connectivity index (χ3n) is 4.06. The zero-order valence-corrected chi connectivity index (χ0v) is 20.0. The molecule has 1 aromatic carbocycles. The minimum atomic E-state index is -0.849. The lowest BCUT2D eigenvalue weighted by molar-refractivity contribution is -0.383. The molecule has 2 aromatic rings. The Labute approximate surface area is 198 Å². The van der Waals surface area contributed by atoms with Crippen LogP contribution in [-0.4, -0.2) is 53.0 Å². The number of ether oxygens (including phenoxy) is 3. The second kappa shape index (κ2) is 15.2. The number of nitro groups is 1. The molecule has 0 unspecified atom stereocenters. The number of aromatic nitrogens is 2. The molecule has 1 aromatic heterocycles. The maximum absolute atomic E-state index is 12.7. The first-order valence-corrected chi connectivity index (χ1v) is 10.9. The van der Waals surface area contributed by atoms with Gasteiger partial charge in [-0.05, 0) is 37.5 Å². The van der Waals surface area contributed by atoms with Crippen LogP contribution in [0.25, 0.3) is 0 Å². The van der Waals surface area contributed by atoms with Crippen molar-refractivity contribution in [2.45, 2.75) is 46.6 Å². The number of benzene rings is 1. The molecule has 0 radical (unpaired) electrons. The number of nitrogens with two attached hydrogens (primary N) is 1. The average molecular weight is 480 g/mol. The van der Waals surface area contributed by atoms with Crippen molar-refractivity contribution in [2.75, 3.05) is 37.6 Å². The van der Waals surface area contributed by atoms with Gasteiger partial charge < -0.3 is 25.1 Å². The van der Waals surface area contributed by atoms with E-state index >= 15 is 0 Å². The van der Waals surface area contributed by atoms with E-state index in [0.29, 0.717) is 24.2 Å². The summed E-state index contributed by atoms with van der Waals surface area (Å²) in [5.74, 6) is -0.256. The van der Waals surface area contributed by atoms with Gasteiger partial charge in [-0.2, -0.15) is 9.97 Å². The summed E-state index contributed by atoms with van der Waals surface area (Å²) in [4.78, 5) is 32.5. The average Bonchev–Trinajstić information content (AvgIpc) is 2.80. The number of unbranched alkanes of at least 4 members (excludes halogenated alkanes) is 1. The number of nitrogen functional groups attached to an aromatic ring is 1. The fourth-order valence-electron chi connectivity index (χ4n) is 2.63.